The zero-order valence-corrected chi connectivity index (χ0v) is 18.2. The average molecular weight is 464 g/mol. The lowest BCUT2D eigenvalue weighted by molar-refractivity contribution is -0.130. The normalized spacial score (nSPS) is 10.2. The first-order valence-corrected chi connectivity index (χ1v) is 9.17. The molecule has 9 heteroatoms. The Hall–Kier alpha value is -1.50. The SMILES string of the molecule is Cl.Cl.NCCN(CCc1ccccc1)C(=O)Cc1cn2cc(Cl)cc(Cl)c2n1. The number of halogens is 4. The summed E-state index contributed by atoms with van der Waals surface area (Å²) in [6.07, 6.45) is 4.49. The van der Waals surface area contributed by atoms with E-state index in [1.165, 1.54) is 5.56 Å². The Balaban J connectivity index is 0.00000196. The Morgan fingerprint density at radius 1 is 1.11 bits per heavy atom. The van der Waals surface area contributed by atoms with E-state index in [2.05, 4.69) is 17.1 Å². The number of nitrogens with two attached hydrogens (primary N) is 1. The Labute approximate surface area is 186 Å². The molecule has 0 aliphatic heterocycles. The third-order valence-corrected chi connectivity index (χ3v) is 4.60. The number of rotatable bonds is 7. The molecular weight excluding hydrogens is 442 g/mol. The van der Waals surface area contributed by atoms with E-state index in [0.29, 0.717) is 41.0 Å². The molecular formula is C19H22Cl4N4O. The summed E-state index contributed by atoms with van der Waals surface area (Å²) in [6.45, 7) is 1.57. The first-order valence-electron chi connectivity index (χ1n) is 8.41. The largest absolute Gasteiger partial charge is 0.341 e. The van der Waals surface area contributed by atoms with Crippen molar-refractivity contribution >= 4 is 59.6 Å². The van der Waals surface area contributed by atoms with Gasteiger partial charge in [0.05, 0.1) is 22.2 Å². The number of hydrogen-bond donors (Lipinski definition) is 1. The van der Waals surface area contributed by atoms with Crippen molar-refractivity contribution in [1.29, 1.82) is 0 Å². The number of imidazole rings is 1. The maximum atomic E-state index is 12.7. The minimum absolute atomic E-state index is 0. The van der Waals surface area contributed by atoms with E-state index < -0.39 is 0 Å². The zero-order valence-electron chi connectivity index (χ0n) is 15.1. The summed E-state index contributed by atoms with van der Waals surface area (Å²) in [6, 6.07) is 11.7. The minimum Gasteiger partial charge on any atom is -0.341 e. The number of amides is 1. The molecule has 0 saturated carbocycles. The van der Waals surface area contributed by atoms with E-state index in [0.717, 1.165) is 6.42 Å². The molecule has 0 saturated heterocycles. The Morgan fingerprint density at radius 3 is 2.50 bits per heavy atom. The van der Waals surface area contributed by atoms with Gasteiger partial charge in [-0.15, -0.1) is 24.8 Å². The Morgan fingerprint density at radius 2 is 1.82 bits per heavy atom. The van der Waals surface area contributed by atoms with Crippen LogP contribution in [0.5, 0.6) is 0 Å². The lowest BCUT2D eigenvalue weighted by Gasteiger charge is -2.21. The predicted molar refractivity (Wildman–Crippen MR) is 119 cm³/mol. The summed E-state index contributed by atoms with van der Waals surface area (Å²) in [4.78, 5) is 18.9. The van der Waals surface area contributed by atoms with Crippen LogP contribution >= 0.6 is 48.0 Å². The van der Waals surface area contributed by atoms with Crippen LogP contribution < -0.4 is 5.73 Å². The van der Waals surface area contributed by atoms with Gasteiger partial charge in [-0.3, -0.25) is 4.79 Å². The van der Waals surface area contributed by atoms with Gasteiger partial charge < -0.3 is 15.0 Å². The number of nitrogens with zero attached hydrogens (tertiary/aromatic N) is 3. The molecule has 1 aromatic carbocycles. The first kappa shape index (κ1) is 24.5. The molecule has 2 heterocycles. The number of benzene rings is 1. The van der Waals surface area contributed by atoms with E-state index in [4.69, 9.17) is 28.9 Å². The number of aromatic nitrogens is 2. The number of pyridine rings is 1. The van der Waals surface area contributed by atoms with Crippen LogP contribution in [0, 0.1) is 0 Å². The highest BCUT2D eigenvalue weighted by molar-refractivity contribution is 6.36. The van der Waals surface area contributed by atoms with Crippen LogP contribution in [-0.4, -0.2) is 39.8 Å². The van der Waals surface area contributed by atoms with E-state index in [1.54, 1.807) is 27.8 Å². The van der Waals surface area contributed by atoms with Gasteiger partial charge in [0, 0.05) is 32.0 Å². The molecule has 5 nitrogen and oxygen atoms in total. The molecule has 3 rings (SSSR count). The van der Waals surface area contributed by atoms with Crippen LogP contribution in [0.4, 0.5) is 0 Å². The standard InChI is InChI=1S/C19H20Cl2N4O.2ClH/c20-15-10-17(21)19-23-16(13-25(19)12-15)11-18(26)24(9-7-22)8-6-14-4-2-1-3-5-14;;/h1-5,10,12-13H,6-9,11,22H2;2*1H. The summed E-state index contributed by atoms with van der Waals surface area (Å²) >= 11 is 12.2. The molecule has 0 aliphatic rings. The molecule has 0 atom stereocenters. The number of fused-ring (bicyclic) bond motifs is 1. The Bertz CT molecular complexity index is 902. The van der Waals surface area contributed by atoms with Crippen LogP contribution in [0.3, 0.4) is 0 Å². The molecule has 3 aromatic rings. The summed E-state index contributed by atoms with van der Waals surface area (Å²) in [7, 11) is 0. The molecule has 0 unspecified atom stereocenters. The van der Waals surface area contributed by atoms with Gasteiger partial charge in [0.25, 0.3) is 0 Å². The highest BCUT2D eigenvalue weighted by atomic mass is 35.5. The third kappa shape index (κ3) is 6.26. The maximum absolute atomic E-state index is 12.7. The average Bonchev–Trinajstić information content (AvgIpc) is 3.02. The summed E-state index contributed by atoms with van der Waals surface area (Å²) in [5.41, 5.74) is 8.12. The highest BCUT2D eigenvalue weighted by Crippen LogP contribution is 2.22. The molecule has 2 aromatic heterocycles. The van der Waals surface area contributed by atoms with E-state index in [9.17, 15) is 4.79 Å². The van der Waals surface area contributed by atoms with E-state index in [-0.39, 0.29) is 37.1 Å². The van der Waals surface area contributed by atoms with E-state index in [1.807, 2.05) is 18.2 Å². The van der Waals surface area contributed by atoms with Gasteiger partial charge in [0.1, 0.15) is 0 Å². The van der Waals surface area contributed by atoms with Gasteiger partial charge in [0.2, 0.25) is 5.91 Å². The Kier molecular flexibility index (Phi) is 10.1. The summed E-state index contributed by atoms with van der Waals surface area (Å²) in [5.74, 6) is -0.00277. The van der Waals surface area contributed by atoms with Crippen molar-refractivity contribution in [2.24, 2.45) is 5.73 Å². The van der Waals surface area contributed by atoms with Gasteiger partial charge >= 0.3 is 0 Å². The van der Waals surface area contributed by atoms with Crippen molar-refractivity contribution in [3.63, 3.8) is 0 Å². The van der Waals surface area contributed by atoms with Crippen molar-refractivity contribution in [1.82, 2.24) is 14.3 Å². The molecule has 0 fully saturated rings. The fraction of sp³-hybridized carbons (Fsp3) is 0.263. The smallest absolute Gasteiger partial charge is 0.228 e. The second-order valence-corrected chi connectivity index (χ2v) is 6.89. The lowest BCUT2D eigenvalue weighted by Crippen LogP contribution is -2.37. The highest BCUT2D eigenvalue weighted by Gasteiger charge is 2.16. The monoisotopic (exact) mass is 462 g/mol. The van der Waals surface area contributed by atoms with Crippen molar-refractivity contribution < 1.29 is 4.79 Å². The molecule has 28 heavy (non-hydrogen) atoms. The molecule has 1 amide bonds. The summed E-state index contributed by atoms with van der Waals surface area (Å²) in [5, 5.41) is 0.976. The van der Waals surface area contributed by atoms with Crippen molar-refractivity contribution in [2.75, 3.05) is 19.6 Å². The number of hydrogen-bond acceptors (Lipinski definition) is 3. The lowest BCUT2D eigenvalue weighted by atomic mass is 10.1. The van der Waals surface area contributed by atoms with Gasteiger partial charge in [-0.1, -0.05) is 53.5 Å². The third-order valence-electron chi connectivity index (χ3n) is 4.12. The van der Waals surface area contributed by atoms with Crippen molar-refractivity contribution in [2.45, 2.75) is 12.8 Å². The molecule has 0 spiro atoms. The van der Waals surface area contributed by atoms with Crippen LogP contribution in [0.1, 0.15) is 11.3 Å². The second-order valence-electron chi connectivity index (χ2n) is 6.05. The predicted octanol–water partition coefficient (Wildman–Crippen LogP) is 4.06. The minimum atomic E-state index is -0.00277. The topological polar surface area (TPSA) is 63.6 Å². The van der Waals surface area contributed by atoms with Crippen molar-refractivity contribution in [3.05, 3.63) is 70.1 Å². The van der Waals surface area contributed by atoms with Crippen LogP contribution in [0.25, 0.3) is 5.65 Å². The van der Waals surface area contributed by atoms with E-state index >= 15 is 0 Å². The van der Waals surface area contributed by atoms with Gasteiger partial charge in [0.15, 0.2) is 5.65 Å². The van der Waals surface area contributed by atoms with Crippen LogP contribution in [0.15, 0.2) is 48.8 Å². The summed E-state index contributed by atoms with van der Waals surface area (Å²) < 4.78 is 1.74. The first-order chi connectivity index (χ1) is 12.6. The maximum Gasteiger partial charge on any atom is 0.228 e. The second kappa shape index (κ2) is 11.5. The van der Waals surface area contributed by atoms with Gasteiger partial charge in [-0.05, 0) is 18.1 Å². The molecule has 152 valence electrons. The molecule has 2 N–H and O–H groups in total. The van der Waals surface area contributed by atoms with Gasteiger partial charge in [-0.25, -0.2) is 4.98 Å². The molecule has 0 aliphatic carbocycles. The fourth-order valence-electron chi connectivity index (χ4n) is 2.85. The van der Waals surface area contributed by atoms with Crippen LogP contribution in [-0.2, 0) is 17.6 Å². The number of carbonyl (C=O) groups excluding carboxylic acids is 1. The quantitative estimate of drug-likeness (QED) is 0.574. The fourth-order valence-corrected chi connectivity index (χ4v) is 3.38. The van der Waals surface area contributed by atoms with Crippen LogP contribution in [0.2, 0.25) is 10.0 Å². The molecule has 0 radical (unpaired) electrons. The molecule has 0 bridgehead atoms. The van der Waals surface area contributed by atoms with Crippen molar-refractivity contribution in [3.8, 4) is 0 Å². The van der Waals surface area contributed by atoms with Gasteiger partial charge in [-0.2, -0.15) is 0 Å². The number of carbonyl (C=O) groups is 1. The zero-order chi connectivity index (χ0) is 18.5.